The molecule has 3 nitrogen and oxygen atoms in total. The van der Waals surface area contributed by atoms with Gasteiger partial charge in [0.2, 0.25) is 0 Å². The summed E-state index contributed by atoms with van der Waals surface area (Å²) in [5.41, 5.74) is 7.24. The van der Waals surface area contributed by atoms with Crippen LogP contribution in [0.2, 0.25) is 0 Å². The van der Waals surface area contributed by atoms with E-state index in [-0.39, 0.29) is 39.0 Å². The molecule has 0 heterocycles. The van der Waals surface area contributed by atoms with Gasteiger partial charge < -0.3 is 10.5 Å². The molecule has 0 aliphatic heterocycles. The fraction of sp³-hybridized carbons (Fsp3) is 0.571. The minimum Gasteiger partial charge on any atom is -0.671 e. The Balaban J connectivity index is 0. The van der Waals surface area contributed by atoms with E-state index in [1.54, 1.807) is 12.2 Å². The van der Waals surface area contributed by atoms with Crippen LogP contribution in [0.5, 0.6) is 0 Å². The molecule has 1 rings (SSSR count). The Labute approximate surface area is 116 Å². The molecular weight excluding hydrogens is 568 g/mol. The number of hydrogen-bond acceptors (Lipinski definition) is 2. The van der Waals surface area contributed by atoms with Crippen molar-refractivity contribution in [1.82, 2.24) is 0 Å². The second-order valence-corrected chi connectivity index (χ2v) is 2.36. The van der Waals surface area contributed by atoms with Crippen LogP contribution < -0.4 is 0 Å². The van der Waals surface area contributed by atoms with E-state index in [0.717, 1.165) is 0 Å². The predicted molar refractivity (Wildman–Crippen MR) is 65.4 cm³/mol. The van der Waals surface area contributed by atoms with Crippen molar-refractivity contribution < 1.29 is 30.6 Å². The van der Waals surface area contributed by atoms with Crippen LogP contribution in [0.3, 0.4) is 0 Å². The average Bonchev–Trinajstić information content (AvgIpc) is 2.54. The molecule has 0 saturated heterocycles. The number of hydrogen-bond donors (Lipinski definition) is 0. The molecule has 0 fully saturated rings. The van der Waals surface area contributed by atoms with E-state index in [9.17, 15) is 4.79 Å². The maximum Gasteiger partial charge on any atom is 0.312 e. The first-order valence-electron chi connectivity index (χ1n) is 3.35. The van der Waals surface area contributed by atoms with Crippen molar-refractivity contribution in [2.24, 2.45) is 5.92 Å². The van der Waals surface area contributed by atoms with E-state index in [1.165, 1.54) is 7.11 Å². The smallest absolute Gasteiger partial charge is 0.312 e. The van der Waals surface area contributed by atoms with Gasteiger partial charge in [0, 0.05) is 58.3 Å². The minimum absolute atomic E-state index is 0. The van der Waals surface area contributed by atoms with E-state index in [2.05, 4.69) is 42.0 Å². The van der Waals surface area contributed by atoms with Gasteiger partial charge in [-0.15, -0.1) is 12.1 Å². The summed E-state index contributed by atoms with van der Waals surface area (Å²) < 4.78 is 4.51. The van der Waals surface area contributed by atoms with Gasteiger partial charge >= 0.3 is 5.97 Å². The van der Waals surface area contributed by atoms with Crippen LogP contribution in [0.15, 0.2) is 12.2 Å². The Morgan fingerprint density at radius 2 is 2.08 bits per heavy atom. The fourth-order valence-corrected chi connectivity index (χ4v) is 1.03. The standard InChI is InChI=1S/C7H10NO2.I2.W/c1-10-7(9)5-2-3-6(8)4-5;1-2;/h2-3,5-6,8H,4H2,1H3;;/q-1;;. The van der Waals surface area contributed by atoms with Crippen LogP contribution in [0.25, 0.3) is 5.73 Å². The zero-order chi connectivity index (χ0) is 9.56. The predicted octanol–water partition coefficient (Wildman–Crippen LogP) is 2.93. The van der Waals surface area contributed by atoms with Crippen molar-refractivity contribution in [1.29, 1.82) is 0 Å². The third kappa shape index (κ3) is 6.41. The number of carbonyl (C=O) groups excluding carboxylic acids is 1. The van der Waals surface area contributed by atoms with Crippen LogP contribution in [0.4, 0.5) is 0 Å². The van der Waals surface area contributed by atoms with Crippen LogP contribution >= 0.6 is 37.2 Å². The molecule has 13 heavy (non-hydrogen) atoms. The van der Waals surface area contributed by atoms with Crippen LogP contribution in [0.1, 0.15) is 6.42 Å². The molecule has 2 unspecified atom stereocenters. The number of halogens is 2. The first kappa shape index (κ1) is 16.7. The molecular formula is C7H10I2NO2W-. The molecule has 76 valence electrons. The van der Waals surface area contributed by atoms with Crippen molar-refractivity contribution in [2.75, 3.05) is 7.11 Å². The normalized spacial score (nSPS) is 24.0. The van der Waals surface area contributed by atoms with Crippen molar-refractivity contribution in [3.8, 4) is 0 Å². The molecule has 0 saturated carbocycles. The maximum atomic E-state index is 10.8. The van der Waals surface area contributed by atoms with Gasteiger partial charge in [-0.3, -0.25) is 4.79 Å². The van der Waals surface area contributed by atoms with Crippen molar-refractivity contribution >= 4 is 43.2 Å². The Bertz CT molecular complexity index is 178. The molecule has 2 atom stereocenters. The second kappa shape index (κ2) is 9.86. The van der Waals surface area contributed by atoms with Gasteiger partial charge in [0.1, 0.15) is 0 Å². The Morgan fingerprint density at radius 3 is 2.38 bits per heavy atom. The summed E-state index contributed by atoms with van der Waals surface area (Å²) in [7, 11) is 1.37. The molecule has 0 bridgehead atoms. The third-order valence-corrected chi connectivity index (χ3v) is 1.59. The van der Waals surface area contributed by atoms with Gasteiger partial charge in [0.25, 0.3) is 0 Å². The van der Waals surface area contributed by atoms with Crippen LogP contribution in [0, 0.1) is 5.92 Å². The number of esters is 1. The van der Waals surface area contributed by atoms with E-state index < -0.39 is 0 Å². The molecule has 0 aromatic carbocycles. The number of ether oxygens (including phenoxy) is 1. The van der Waals surface area contributed by atoms with Crippen LogP contribution in [-0.2, 0) is 30.6 Å². The van der Waals surface area contributed by atoms with E-state index in [0.29, 0.717) is 6.42 Å². The van der Waals surface area contributed by atoms with E-state index >= 15 is 0 Å². The first-order valence-corrected chi connectivity index (χ1v) is 9.64. The molecule has 0 aromatic rings. The molecule has 0 amide bonds. The first-order chi connectivity index (χ1) is 5.74. The van der Waals surface area contributed by atoms with Gasteiger partial charge in [-0.1, -0.05) is 6.08 Å². The molecule has 6 heteroatoms. The van der Waals surface area contributed by atoms with Gasteiger partial charge in [-0.05, 0) is 6.42 Å². The zero-order valence-electron chi connectivity index (χ0n) is 7.00. The van der Waals surface area contributed by atoms with Crippen molar-refractivity contribution in [3.05, 3.63) is 17.9 Å². The van der Waals surface area contributed by atoms with Crippen molar-refractivity contribution in [2.45, 2.75) is 12.5 Å². The monoisotopic (exact) mass is 578 g/mol. The van der Waals surface area contributed by atoms with Gasteiger partial charge in [-0.25, -0.2) is 0 Å². The Morgan fingerprint density at radius 1 is 1.54 bits per heavy atom. The molecule has 0 spiro atoms. The summed E-state index contributed by atoms with van der Waals surface area (Å²) >= 11 is 4.24. The number of nitrogens with one attached hydrogen (secondary N) is 1. The quantitative estimate of drug-likeness (QED) is 0.274. The summed E-state index contributed by atoms with van der Waals surface area (Å²) in [5.74, 6) is -0.404. The summed E-state index contributed by atoms with van der Waals surface area (Å²) in [5, 5.41) is 0. The molecule has 1 aliphatic carbocycles. The van der Waals surface area contributed by atoms with Crippen LogP contribution in [-0.4, -0.2) is 19.1 Å². The van der Waals surface area contributed by atoms with Crippen molar-refractivity contribution in [3.63, 3.8) is 0 Å². The second-order valence-electron chi connectivity index (χ2n) is 2.36. The van der Waals surface area contributed by atoms with E-state index in [1.807, 2.05) is 0 Å². The largest absolute Gasteiger partial charge is 0.671 e. The molecule has 1 aliphatic rings. The SMILES string of the molecule is COC(=O)C1C=CC([NH-])C1.II.[W]. The topological polar surface area (TPSA) is 50.1 Å². The van der Waals surface area contributed by atoms with Gasteiger partial charge in [0.15, 0.2) is 0 Å². The zero-order valence-corrected chi connectivity index (χ0v) is 14.2. The number of rotatable bonds is 1. The number of carbonyl (C=O) groups is 1. The maximum absolute atomic E-state index is 10.8. The number of methoxy groups -OCH3 is 1. The third-order valence-electron chi connectivity index (χ3n) is 1.59. The molecule has 0 aromatic heterocycles. The summed E-state index contributed by atoms with van der Waals surface area (Å²) in [6, 6.07) is -0.218. The molecule has 0 radical (unpaired) electrons. The summed E-state index contributed by atoms with van der Waals surface area (Å²) in [4.78, 5) is 10.8. The van der Waals surface area contributed by atoms with Gasteiger partial charge in [-0.2, -0.15) is 0 Å². The Kier molecular flexibility index (Phi) is 12.7. The summed E-state index contributed by atoms with van der Waals surface area (Å²) in [6.45, 7) is 0. The minimum atomic E-state index is -0.231. The Hall–Kier alpha value is 1.32. The fourth-order valence-electron chi connectivity index (χ4n) is 1.03. The van der Waals surface area contributed by atoms with E-state index in [4.69, 9.17) is 5.73 Å². The van der Waals surface area contributed by atoms with Gasteiger partial charge in [0.05, 0.1) is 13.0 Å². The average molecular weight is 578 g/mol. The summed E-state index contributed by atoms with van der Waals surface area (Å²) in [6.07, 6.45) is 4.04. The molecule has 1 N–H and O–H groups in total.